The van der Waals surface area contributed by atoms with Crippen molar-refractivity contribution in [2.24, 2.45) is 0 Å². The van der Waals surface area contributed by atoms with E-state index >= 15 is 0 Å². The van der Waals surface area contributed by atoms with Crippen LogP contribution in [0.3, 0.4) is 0 Å². The van der Waals surface area contributed by atoms with Gasteiger partial charge in [-0.3, -0.25) is 24.3 Å². The number of aromatic nitrogens is 1. The number of aliphatic carboxylic acids is 1. The van der Waals surface area contributed by atoms with E-state index in [0.29, 0.717) is 22.6 Å². The highest BCUT2D eigenvalue weighted by atomic mass is 16.4. The summed E-state index contributed by atoms with van der Waals surface area (Å²) in [5.74, 6) is -2.67. The normalized spacial score (nSPS) is 18.0. The molecule has 0 spiro atoms. The van der Waals surface area contributed by atoms with Crippen molar-refractivity contribution in [3.63, 3.8) is 0 Å². The third kappa shape index (κ3) is 3.35. The second-order valence-corrected chi connectivity index (χ2v) is 6.66. The first-order valence-electron chi connectivity index (χ1n) is 9.03. The van der Waals surface area contributed by atoms with Gasteiger partial charge < -0.3 is 14.6 Å². The molecule has 150 valence electrons. The molecule has 1 aliphatic rings. The van der Waals surface area contributed by atoms with Gasteiger partial charge in [0, 0.05) is 23.6 Å². The number of amides is 1. The fraction of sp³-hybridized carbons (Fsp3) is 0.0909. The Hall–Kier alpha value is -4.20. The number of anilines is 1. The zero-order chi connectivity index (χ0) is 21.3. The van der Waals surface area contributed by atoms with Gasteiger partial charge in [-0.05, 0) is 42.0 Å². The molecule has 2 N–H and O–H groups in total. The van der Waals surface area contributed by atoms with Gasteiger partial charge in [0.15, 0.2) is 0 Å². The number of nitrogens with zero attached hydrogens (tertiary/aromatic N) is 2. The maximum Gasteiger partial charge on any atom is 0.307 e. The lowest BCUT2D eigenvalue weighted by Crippen LogP contribution is -2.29. The molecule has 0 saturated carbocycles. The number of pyridine rings is 1. The highest BCUT2D eigenvalue weighted by molar-refractivity contribution is 6.51. The van der Waals surface area contributed by atoms with Gasteiger partial charge in [-0.2, -0.15) is 0 Å². The molecule has 8 nitrogen and oxygen atoms in total. The Morgan fingerprint density at radius 3 is 2.33 bits per heavy atom. The van der Waals surface area contributed by atoms with Crippen LogP contribution in [0.2, 0.25) is 0 Å². The molecule has 1 saturated heterocycles. The van der Waals surface area contributed by atoms with Crippen LogP contribution in [0.5, 0.6) is 0 Å². The molecule has 8 heteroatoms. The van der Waals surface area contributed by atoms with Gasteiger partial charge in [-0.15, -0.1) is 0 Å². The predicted octanol–water partition coefficient (Wildman–Crippen LogP) is 2.93. The lowest BCUT2D eigenvalue weighted by atomic mass is 9.99. The van der Waals surface area contributed by atoms with E-state index in [4.69, 9.17) is 9.52 Å². The molecular formula is C22H16N2O6. The number of furan rings is 1. The lowest BCUT2D eigenvalue weighted by Gasteiger charge is -2.23. The first kappa shape index (κ1) is 19.1. The minimum absolute atomic E-state index is 0.101. The third-order valence-electron chi connectivity index (χ3n) is 4.78. The van der Waals surface area contributed by atoms with Crippen LogP contribution in [0.15, 0.2) is 77.2 Å². The van der Waals surface area contributed by atoms with E-state index in [2.05, 4.69) is 4.98 Å². The van der Waals surface area contributed by atoms with Crippen LogP contribution in [0.25, 0.3) is 5.76 Å². The summed E-state index contributed by atoms with van der Waals surface area (Å²) in [7, 11) is 0. The van der Waals surface area contributed by atoms with Gasteiger partial charge in [0.25, 0.3) is 11.7 Å². The number of hydrogen-bond donors (Lipinski definition) is 2. The predicted molar refractivity (Wildman–Crippen MR) is 106 cm³/mol. The van der Waals surface area contributed by atoms with Crippen molar-refractivity contribution < 1.29 is 29.0 Å². The number of rotatable bonds is 5. The van der Waals surface area contributed by atoms with Gasteiger partial charge in [0.1, 0.15) is 17.6 Å². The Morgan fingerprint density at radius 1 is 1.03 bits per heavy atom. The van der Waals surface area contributed by atoms with Crippen LogP contribution in [0.4, 0.5) is 5.69 Å². The van der Waals surface area contributed by atoms with Gasteiger partial charge >= 0.3 is 5.97 Å². The molecule has 1 aliphatic heterocycles. The van der Waals surface area contributed by atoms with E-state index in [-0.39, 0.29) is 17.8 Å². The molecule has 1 amide bonds. The summed E-state index contributed by atoms with van der Waals surface area (Å²) in [4.78, 5) is 41.8. The minimum Gasteiger partial charge on any atom is -0.507 e. The molecule has 1 unspecified atom stereocenters. The zero-order valence-corrected chi connectivity index (χ0v) is 15.6. The number of carbonyl (C=O) groups is 3. The summed E-state index contributed by atoms with van der Waals surface area (Å²) in [6.07, 6.45) is 4.18. The Kier molecular flexibility index (Phi) is 4.89. The third-order valence-corrected chi connectivity index (χ3v) is 4.78. The quantitative estimate of drug-likeness (QED) is 0.381. The summed E-state index contributed by atoms with van der Waals surface area (Å²) in [6, 6.07) is 11.6. The van der Waals surface area contributed by atoms with Gasteiger partial charge in [0.05, 0.1) is 18.3 Å². The Balaban J connectivity index is 1.83. The molecule has 30 heavy (non-hydrogen) atoms. The molecule has 1 atom stereocenters. The second kappa shape index (κ2) is 7.67. The van der Waals surface area contributed by atoms with Crippen molar-refractivity contribution in [2.75, 3.05) is 4.90 Å². The number of carboxylic acid groups (broad SMARTS) is 1. The average molecular weight is 404 g/mol. The number of Topliss-reactive ketones (excluding diaryl/α,β-unsaturated/α-hetero) is 1. The number of carbonyl (C=O) groups excluding carboxylic acids is 2. The Labute approximate surface area is 170 Å². The number of hydrogen-bond acceptors (Lipinski definition) is 6. The molecule has 0 bridgehead atoms. The summed E-state index contributed by atoms with van der Waals surface area (Å²) in [5, 5.41) is 19.8. The fourth-order valence-electron chi connectivity index (χ4n) is 3.43. The van der Waals surface area contributed by atoms with E-state index in [1.807, 2.05) is 0 Å². The Bertz CT molecular complexity index is 1130. The summed E-state index contributed by atoms with van der Waals surface area (Å²) < 4.78 is 5.48. The molecule has 2 aromatic heterocycles. The molecule has 3 aromatic rings. The summed E-state index contributed by atoms with van der Waals surface area (Å²) in [5.41, 5.74) is 1.17. The second-order valence-electron chi connectivity index (χ2n) is 6.66. The van der Waals surface area contributed by atoms with Crippen LogP contribution >= 0.6 is 0 Å². The van der Waals surface area contributed by atoms with E-state index in [9.17, 15) is 19.5 Å². The van der Waals surface area contributed by atoms with Crippen LogP contribution in [0, 0.1) is 0 Å². The molecular weight excluding hydrogens is 388 g/mol. The van der Waals surface area contributed by atoms with Crippen molar-refractivity contribution in [3.05, 3.63) is 89.6 Å². The molecule has 0 aliphatic carbocycles. The van der Waals surface area contributed by atoms with Crippen molar-refractivity contribution in [1.82, 2.24) is 4.98 Å². The molecule has 4 rings (SSSR count). The van der Waals surface area contributed by atoms with E-state index < -0.39 is 23.7 Å². The zero-order valence-electron chi connectivity index (χ0n) is 15.6. The van der Waals surface area contributed by atoms with Crippen LogP contribution in [-0.2, 0) is 20.8 Å². The maximum absolute atomic E-state index is 12.9. The summed E-state index contributed by atoms with van der Waals surface area (Å²) in [6.45, 7) is 0. The standard InChI is InChI=1S/C22H16N2O6/c25-17(26)12-13-3-5-15(6-4-13)24-19(16-2-1-11-30-16)18(21(28)22(24)29)20(27)14-7-9-23-10-8-14/h1-11,19,27H,12H2,(H,25,26)/b20-18-. The molecule has 3 heterocycles. The lowest BCUT2D eigenvalue weighted by molar-refractivity contribution is -0.136. The Morgan fingerprint density at radius 2 is 1.73 bits per heavy atom. The maximum atomic E-state index is 12.9. The largest absolute Gasteiger partial charge is 0.507 e. The highest BCUT2D eigenvalue weighted by Crippen LogP contribution is 2.42. The first-order valence-corrected chi connectivity index (χ1v) is 9.03. The van der Waals surface area contributed by atoms with E-state index in [1.54, 1.807) is 36.4 Å². The molecule has 1 aromatic carbocycles. The van der Waals surface area contributed by atoms with Crippen molar-refractivity contribution in [1.29, 1.82) is 0 Å². The van der Waals surface area contributed by atoms with Crippen molar-refractivity contribution >= 4 is 29.1 Å². The topological polar surface area (TPSA) is 121 Å². The monoisotopic (exact) mass is 404 g/mol. The average Bonchev–Trinajstić information content (AvgIpc) is 3.36. The minimum atomic E-state index is -0.976. The van der Waals surface area contributed by atoms with Crippen molar-refractivity contribution in [2.45, 2.75) is 12.5 Å². The van der Waals surface area contributed by atoms with Gasteiger partial charge in [0.2, 0.25) is 0 Å². The van der Waals surface area contributed by atoms with E-state index in [1.165, 1.54) is 35.7 Å². The molecule has 1 fully saturated rings. The van der Waals surface area contributed by atoms with Gasteiger partial charge in [-0.25, -0.2) is 0 Å². The van der Waals surface area contributed by atoms with Gasteiger partial charge in [-0.1, -0.05) is 12.1 Å². The summed E-state index contributed by atoms with van der Waals surface area (Å²) >= 11 is 0. The van der Waals surface area contributed by atoms with Crippen LogP contribution in [-0.4, -0.2) is 32.9 Å². The fourth-order valence-corrected chi connectivity index (χ4v) is 3.43. The van der Waals surface area contributed by atoms with Crippen LogP contribution < -0.4 is 4.90 Å². The number of carboxylic acids is 1. The first-order chi connectivity index (χ1) is 14.5. The molecule has 0 radical (unpaired) electrons. The number of aliphatic hydroxyl groups is 1. The van der Waals surface area contributed by atoms with Crippen molar-refractivity contribution in [3.8, 4) is 0 Å². The SMILES string of the molecule is O=C(O)Cc1ccc(N2C(=O)C(=O)/C(=C(\O)c3ccncc3)C2c2ccco2)cc1. The number of benzene rings is 1. The van der Waals surface area contributed by atoms with Crippen LogP contribution in [0.1, 0.15) is 22.9 Å². The van der Waals surface area contributed by atoms with E-state index in [0.717, 1.165) is 0 Å². The number of ketones is 1. The smallest absolute Gasteiger partial charge is 0.307 e. The highest BCUT2D eigenvalue weighted by Gasteiger charge is 2.48. The number of aliphatic hydroxyl groups excluding tert-OH is 1.